The number of fused-ring (bicyclic) bond motifs is 1. The molecule has 3 rings (SSSR count). The third kappa shape index (κ3) is 1.93. The second-order valence-corrected chi connectivity index (χ2v) is 4.98. The Morgan fingerprint density at radius 1 is 1.39 bits per heavy atom. The first-order chi connectivity index (χ1) is 8.76. The molecule has 1 aliphatic rings. The fraction of sp³-hybridized carbons (Fsp3) is 0.333. The quantitative estimate of drug-likeness (QED) is 0.893. The van der Waals surface area contributed by atoms with Crippen molar-refractivity contribution in [1.82, 2.24) is 14.3 Å². The molecule has 5 nitrogen and oxygen atoms in total. The van der Waals surface area contributed by atoms with Crippen LogP contribution in [-0.4, -0.2) is 14.3 Å². The highest BCUT2D eigenvalue weighted by molar-refractivity contribution is 7.09. The molecule has 0 radical (unpaired) electrons. The second-order valence-electron chi connectivity index (χ2n) is 4.23. The highest BCUT2D eigenvalue weighted by Crippen LogP contribution is 2.27. The Labute approximate surface area is 109 Å². The van der Waals surface area contributed by atoms with Crippen LogP contribution in [0.3, 0.4) is 0 Å². The van der Waals surface area contributed by atoms with Crippen LogP contribution in [0.25, 0.3) is 0 Å². The van der Waals surface area contributed by atoms with Crippen LogP contribution in [0.1, 0.15) is 29.1 Å². The molecule has 2 heterocycles. The summed E-state index contributed by atoms with van der Waals surface area (Å²) >= 11 is 1.28. The molecule has 0 saturated heterocycles. The molecule has 0 unspecified atom stereocenters. The number of aromatic nitrogens is 3. The van der Waals surface area contributed by atoms with Crippen molar-refractivity contribution in [2.75, 3.05) is 5.32 Å². The lowest BCUT2D eigenvalue weighted by Gasteiger charge is -2.06. The van der Waals surface area contributed by atoms with E-state index in [4.69, 9.17) is 0 Å². The average molecular weight is 257 g/mol. The van der Waals surface area contributed by atoms with Gasteiger partial charge in [-0.3, -0.25) is 0 Å². The topological polar surface area (TPSA) is 74.5 Å². The molecule has 0 fully saturated rings. The number of hydrogen-bond acceptors (Lipinski definition) is 6. The molecule has 6 heteroatoms. The van der Waals surface area contributed by atoms with E-state index in [2.05, 4.69) is 25.7 Å². The molecule has 0 spiro atoms. The van der Waals surface area contributed by atoms with E-state index in [1.807, 2.05) is 13.0 Å². The highest BCUT2D eigenvalue weighted by atomic mass is 32.1. The molecular formula is C12H11N5S. The van der Waals surface area contributed by atoms with E-state index in [1.54, 1.807) is 0 Å². The van der Waals surface area contributed by atoms with Gasteiger partial charge in [0.05, 0.1) is 5.56 Å². The molecule has 2 aromatic heterocycles. The SMILES string of the molecule is Cc1nsc(Nc2nc3c(cc2C#N)CCC3)n1. The zero-order valence-corrected chi connectivity index (χ0v) is 10.7. The highest BCUT2D eigenvalue weighted by Gasteiger charge is 2.17. The van der Waals surface area contributed by atoms with Gasteiger partial charge in [0.25, 0.3) is 0 Å². The first-order valence-corrected chi connectivity index (χ1v) is 6.54. The van der Waals surface area contributed by atoms with Crippen LogP contribution in [0.5, 0.6) is 0 Å². The Morgan fingerprint density at radius 2 is 2.28 bits per heavy atom. The summed E-state index contributed by atoms with van der Waals surface area (Å²) < 4.78 is 4.10. The molecule has 18 heavy (non-hydrogen) atoms. The number of anilines is 2. The number of aryl methyl sites for hydroxylation is 3. The van der Waals surface area contributed by atoms with Crippen molar-refractivity contribution in [3.8, 4) is 6.07 Å². The van der Waals surface area contributed by atoms with Gasteiger partial charge in [-0.25, -0.2) is 9.97 Å². The summed E-state index contributed by atoms with van der Waals surface area (Å²) in [6.45, 7) is 1.84. The normalized spacial score (nSPS) is 13.1. The monoisotopic (exact) mass is 257 g/mol. The van der Waals surface area contributed by atoms with Crippen molar-refractivity contribution in [3.63, 3.8) is 0 Å². The fourth-order valence-electron chi connectivity index (χ4n) is 2.10. The lowest BCUT2D eigenvalue weighted by Crippen LogP contribution is -2.00. The zero-order valence-electron chi connectivity index (χ0n) is 9.90. The molecule has 0 aliphatic heterocycles. The maximum absolute atomic E-state index is 9.17. The molecular weight excluding hydrogens is 246 g/mol. The third-order valence-electron chi connectivity index (χ3n) is 2.92. The van der Waals surface area contributed by atoms with E-state index in [-0.39, 0.29) is 0 Å². The molecule has 0 aromatic carbocycles. The minimum Gasteiger partial charge on any atom is -0.314 e. The van der Waals surface area contributed by atoms with E-state index in [0.717, 1.165) is 30.8 Å². The summed E-state index contributed by atoms with van der Waals surface area (Å²) in [6, 6.07) is 4.12. The van der Waals surface area contributed by atoms with Crippen LogP contribution in [0.2, 0.25) is 0 Å². The molecule has 1 N–H and O–H groups in total. The van der Waals surface area contributed by atoms with Gasteiger partial charge in [-0.15, -0.1) is 0 Å². The number of rotatable bonds is 2. The maximum Gasteiger partial charge on any atom is 0.208 e. The predicted molar refractivity (Wildman–Crippen MR) is 68.9 cm³/mol. The van der Waals surface area contributed by atoms with E-state index >= 15 is 0 Å². The lowest BCUT2D eigenvalue weighted by atomic mass is 10.1. The lowest BCUT2D eigenvalue weighted by molar-refractivity contribution is 0.900. The second kappa shape index (κ2) is 4.35. The Balaban J connectivity index is 1.98. The molecule has 2 aromatic rings. The minimum absolute atomic E-state index is 0.573. The van der Waals surface area contributed by atoms with Crippen molar-refractivity contribution < 1.29 is 0 Å². The summed E-state index contributed by atoms with van der Waals surface area (Å²) in [4.78, 5) is 8.76. The Morgan fingerprint density at radius 3 is 3.00 bits per heavy atom. The average Bonchev–Trinajstić information content (AvgIpc) is 2.97. The van der Waals surface area contributed by atoms with Gasteiger partial charge in [-0.2, -0.15) is 9.64 Å². The Kier molecular flexibility index (Phi) is 2.68. The number of pyridine rings is 1. The largest absolute Gasteiger partial charge is 0.314 e. The smallest absolute Gasteiger partial charge is 0.208 e. The van der Waals surface area contributed by atoms with Gasteiger partial charge in [0.1, 0.15) is 17.7 Å². The van der Waals surface area contributed by atoms with E-state index in [9.17, 15) is 5.26 Å². The first kappa shape index (κ1) is 11.1. The number of nitriles is 1. The molecule has 0 bridgehead atoms. The van der Waals surface area contributed by atoms with Crippen LogP contribution >= 0.6 is 11.5 Å². The summed E-state index contributed by atoms with van der Waals surface area (Å²) in [5.74, 6) is 1.32. The van der Waals surface area contributed by atoms with Gasteiger partial charge < -0.3 is 5.32 Å². The Bertz CT molecular complexity index is 640. The number of nitrogens with zero attached hydrogens (tertiary/aromatic N) is 4. The summed E-state index contributed by atoms with van der Waals surface area (Å²) in [5, 5.41) is 12.9. The minimum atomic E-state index is 0.573. The van der Waals surface area contributed by atoms with Gasteiger partial charge >= 0.3 is 0 Å². The van der Waals surface area contributed by atoms with Gasteiger partial charge in [0.2, 0.25) is 5.13 Å². The van der Waals surface area contributed by atoms with Crippen molar-refractivity contribution in [2.24, 2.45) is 0 Å². The molecule has 0 amide bonds. The maximum atomic E-state index is 9.17. The van der Waals surface area contributed by atoms with Gasteiger partial charge in [0, 0.05) is 17.2 Å². The van der Waals surface area contributed by atoms with Gasteiger partial charge in [-0.05, 0) is 37.8 Å². The third-order valence-corrected chi connectivity index (χ3v) is 3.65. The summed E-state index contributed by atoms with van der Waals surface area (Å²) in [7, 11) is 0. The van der Waals surface area contributed by atoms with Gasteiger partial charge in [0.15, 0.2) is 0 Å². The summed E-state index contributed by atoms with van der Waals surface area (Å²) in [6.07, 6.45) is 3.13. The van der Waals surface area contributed by atoms with Crippen molar-refractivity contribution in [2.45, 2.75) is 26.2 Å². The summed E-state index contributed by atoms with van der Waals surface area (Å²) in [5.41, 5.74) is 2.87. The van der Waals surface area contributed by atoms with Crippen LogP contribution < -0.4 is 5.32 Å². The van der Waals surface area contributed by atoms with Crippen LogP contribution in [0.15, 0.2) is 6.07 Å². The predicted octanol–water partition coefficient (Wildman–Crippen LogP) is 2.35. The zero-order chi connectivity index (χ0) is 12.5. The molecule has 0 saturated carbocycles. The van der Waals surface area contributed by atoms with Crippen LogP contribution in [0, 0.1) is 18.3 Å². The van der Waals surface area contributed by atoms with Crippen molar-refractivity contribution in [3.05, 3.63) is 28.7 Å². The standard InChI is InChI=1S/C12H11N5S/c1-7-14-12(18-17-7)16-11-9(6-13)5-8-3-2-4-10(8)15-11/h5H,2-4H2,1H3,(H,14,15,16,17). The van der Waals surface area contributed by atoms with Gasteiger partial charge in [-0.1, -0.05) is 0 Å². The molecule has 1 aliphatic carbocycles. The Hall–Kier alpha value is -2.00. The van der Waals surface area contributed by atoms with Crippen LogP contribution in [0.4, 0.5) is 10.9 Å². The molecule has 90 valence electrons. The van der Waals surface area contributed by atoms with Crippen LogP contribution in [-0.2, 0) is 12.8 Å². The number of hydrogen-bond donors (Lipinski definition) is 1. The van der Waals surface area contributed by atoms with Crippen molar-refractivity contribution in [1.29, 1.82) is 5.26 Å². The molecule has 0 atom stereocenters. The van der Waals surface area contributed by atoms with E-state index in [0.29, 0.717) is 16.5 Å². The van der Waals surface area contributed by atoms with E-state index in [1.165, 1.54) is 17.1 Å². The first-order valence-electron chi connectivity index (χ1n) is 5.76. The number of nitrogens with one attached hydrogen (secondary N) is 1. The van der Waals surface area contributed by atoms with Crippen molar-refractivity contribution >= 4 is 22.5 Å². The van der Waals surface area contributed by atoms with E-state index < -0.39 is 0 Å². The fourth-order valence-corrected chi connectivity index (χ4v) is 2.68.